The molecule has 0 aliphatic carbocycles. The molecular weight excluding hydrogens is 244 g/mol. The van der Waals surface area contributed by atoms with Gasteiger partial charge in [0.15, 0.2) is 23.5 Å². The number of rotatable bonds is 3. The van der Waals surface area contributed by atoms with Gasteiger partial charge in [-0.3, -0.25) is 9.69 Å². The molecule has 19 heavy (non-hydrogen) atoms. The highest BCUT2D eigenvalue weighted by Crippen LogP contribution is 2.39. The fraction of sp³-hybridized carbons (Fsp3) is 0.429. The Bertz CT molecular complexity index is 548. The van der Waals surface area contributed by atoms with E-state index in [0.717, 1.165) is 17.7 Å². The molecule has 1 atom stereocenters. The molecule has 0 saturated heterocycles. The molecular formula is C14H16N2O3. The fourth-order valence-electron chi connectivity index (χ4n) is 2.43. The van der Waals surface area contributed by atoms with Crippen LogP contribution in [0, 0.1) is 11.5 Å². The van der Waals surface area contributed by atoms with Crippen molar-refractivity contribution in [2.75, 3.05) is 19.1 Å². The van der Waals surface area contributed by atoms with Crippen molar-refractivity contribution in [3.8, 4) is 17.7 Å². The van der Waals surface area contributed by atoms with E-state index in [-0.39, 0.29) is 11.8 Å². The molecule has 1 unspecified atom stereocenters. The second-order valence-electron chi connectivity index (χ2n) is 4.47. The Balaban J connectivity index is 2.52. The Hall–Kier alpha value is -2.22. The fourth-order valence-corrected chi connectivity index (χ4v) is 2.43. The number of aryl methyl sites for hydroxylation is 1. The van der Waals surface area contributed by atoms with E-state index in [0.29, 0.717) is 17.9 Å². The SMILES string of the molecule is COc1cc2c(cc1OC)N(C#N)C(C(C)=O)CC2. The second kappa shape index (κ2) is 5.19. The number of hydrogen-bond acceptors (Lipinski definition) is 5. The van der Waals surface area contributed by atoms with E-state index >= 15 is 0 Å². The highest BCUT2D eigenvalue weighted by molar-refractivity contribution is 5.87. The Morgan fingerprint density at radius 3 is 2.53 bits per heavy atom. The van der Waals surface area contributed by atoms with Gasteiger partial charge in [0, 0.05) is 6.07 Å². The Morgan fingerprint density at radius 2 is 2.00 bits per heavy atom. The summed E-state index contributed by atoms with van der Waals surface area (Å²) in [6.07, 6.45) is 3.49. The number of anilines is 1. The molecule has 100 valence electrons. The summed E-state index contributed by atoms with van der Waals surface area (Å²) in [5.74, 6) is 1.20. The number of nitrogens with zero attached hydrogens (tertiary/aromatic N) is 2. The number of hydrogen-bond donors (Lipinski definition) is 0. The van der Waals surface area contributed by atoms with Crippen molar-refractivity contribution in [1.29, 1.82) is 5.26 Å². The van der Waals surface area contributed by atoms with Crippen LogP contribution < -0.4 is 14.4 Å². The Morgan fingerprint density at radius 1 is 1.37 bits per heavy atom. The average molecular weight is 260 g/mol. The van der Waals surface area contributed by atoms with Crippen LogP contribution in [0.2, 0.25) is 0 Å². The number of nitriles is 1. The van der Waals surface area contributed by atoms with E-state index in [1.54, 1.807) is 20.3 Å². The van der Waals surface area contributed by atoms with Gasteiger partial charge >= 0.3 is 0 Å². The van der Waals surface area contributed by atoms with Gasteiger partial charge in [-0.15, -0.1) is 0 Å². The van der Waals surface area contributed by atoms with Gasteiger partial charge in [-0.25, -0.2) is 0 Å². The predicted octanol–water partition coefficient (Wildman–Crippen LogP) is 1.90. The van der Waals surface area contributed by atoms with Crippen molar-refractivity contribution in [3.05, 3.63) is 17.7 Å². The van der Waals surface area contributed by atoms with Crippen molar-refractivity contribution >= 4 is 11.5 Å². The molecule has 0 fully saturated rings. The number of Topliss-reactive ketones (excluding diaryl/α,β-unsaturated/α-hetero) is 1. The third-order valence-electron chi connectivity index (χ3n) is 3.42. The third-order valence-corrected chi connectivity index (χ3v) is 3.42. The molecule has 0 bridgehead atoms. The molecule has 1 heterocycles. The van der Waals surface area contributed by atoms with E-state index in [2.05, 4.69) is 6.19 Å². The van der Waals surface area contributed by atoms with Gasteiger partial charge in [-0.1, -0.05) is 0 Å². The number of methoxy groups -OCH3 is 2. The largest absolute Gasteiger partial charge is 0.493 e. The standard InChI is InChI=1S/C14H16N2O3/c1-9(17)11-5-4-10-6-13(18-2)14(19-3)7-12(10)16(11)8-15/h6-7,11H,4-5H2,1-3H3. The van der Waals surface area contributed by atoms with Crippen LogP contribution >= 0.6 is 0 Å². The van der Waals surface area contributed by atoms with Gasteiger partial charge in [0.1, 0.15) is 6.04 Å². The van der Waals surface area contributed by atoms with Crippen molar-refractivity contribution in [2.45, 2.75) is 25.8 Å². The molecule has 1 aromatic rings. The molecule has 0 spiro atoms. The molecule has 5 nitrogen and oxygen atoms in total. The van der Waals surface area contributed by atoms with Crippen molar-refractivity contribution < 1.29 is 14.3 Å². The molecule has 0 amide bonds. The predicted molar refractivity (Wildman–Crippen MR) is 70.4 cm³/mol. The Labute approximate surface area is 112 Å². The maximum Gasteiger partial charge on any atom is 0.184 e. The minimum atomic E-state index is -0.379. The molecule has 1 aromatic carbocycles. The van der Waals surface area contributed by atoms with Crippen LogP contribution in [0.1, 0.15) is 18.9 Å². The van der Waals surface area contributed by atoms with E-state index < -0.39 is 0 Å². The van der Waals surface area contributed by atoms with Crippen LogP contribution in [0.4, 0.5) is 5.69 Å². The first-order valence-electron chi connectivity index (χ1n) is 6.06. The summed E-state index contributed by atoms with van der Waals surface area (Å²) in [4.78, 5) is 13.1. The summed E-state index contributed by atoms with van der Waals surface area (Å²) in [7, 11) is 3.12. The molecule has 1 aliphatic heterocycles. The number of ketones is 1. The average Bonchev–Trinajstić information content (AvgIpc) is 2.43. The monoisotopic (exact) mass is 260 g/mol. The van der Waals surface area contributed by atoms with E-state index in [9.17, 15) is 10.1 Å². The highest BCUT2D eigenvalue weighted by atomic mass is 16.5. The summed E-state index contributed by atoms with van der Waals surface area (Å²) >= 11 is 0. The molecule has 1 aliphatic rings. The van der Waals surface area contributed by atoms with Crippen molar-refractivity contribution in [1.82, 2.24) is 0 Å². The lowest BCUT2D eigenvalue weighted by Crippen LogP contribution is -2.40. The van der Waals surface area contributed by atoms with E-state index in [4.69, 9.17) is 9.47 Å². The topological polar surface area (TPSA) is 62.6 Å². The van der Waals surface area contributed by atoms with Crippen molar-refractivity contribution in [2.24, 2.45) is 0 Å². The van der Waals surface area contributed by atoms with Gasteiger partial charge in [0.25, 0.3) is 0 Å². The zero-order valence-corrected chi connectivity index (χ0v) is 11.3. The molecule has 0 saturated carbocycles. The lowest BCUT2D eigenvalue weighted by Gasteiger charge is -2.32. The summed E-state index contributed by atoms with van der Waals surface area (Å²) in [6, 6.07) is 3.25. The van der Waals surface area contributed by atoms with Crippen LogP contribution in [0.3, 0.4) is 0 Å². The minimum absolute atomic E-state index is 0.00184. The summed E-state index contributed by atoms with van der Waals surface area (Å²) in [6.45, 7) is 1.51. The second-order valence-corrected chi connectivity index (χ2v) is 4.47. The first-order chi connectivity index (χ1) is 9.12. The molecule has 0 radical (unpaired) electrons. The smallest absolute Gasteiger partial charge is 0.184 e. The highest BCUT2D eigenvalue weighted by Gasteiger charge is 2.30. The summed E-state index contributed by atoms with van der Waals surface area (Å²) in [5, 5.41) is 9.30. The molecule has 0 aromatic heterocycles. The number of ether oxygens (including phenoxy) is 2. The normalized spacial score (nSPS) is 17.4. The number of carbonyl (C=O) groups excluding carboxylic acids is 1. The number of fused-ring (bicyclic) bond motifs is 1. The summed E-state index contributed by atoms with van der Waals surface area (Å²) in [5.41, 5.74) is 1.73. The maximum absolute atomic E-state index is 11.6. The first-order valence-corrected chi connectivity index (χ1v) is 6.06. The molecule has 5 heteroatoms. The molecule has 0 N–H and O–H groups in total. The third kappa shape index (κ3) is 2.22. The van der Waals surface area contributed by atoms with Crippen LogP contribution in [0.15, 0.2) is 12.1 Å². The minimum Gasteiger partial charge on any atom is -0.493 e. The van der Waals surface area contributed by atoms with Gasteiger partial charge in [0.05, 0.1) is 19.9 Å². The zero-order chi connectivity index (χ0) is 14.0. The zero-order valence-electron chi connectivity index (χ0n) is 11.3. The number of benzene rings is 1. The van der Waals surface area contributed by atoms with Crippen LogP contribution in [-0.2, 0) is 11.2 Å². The van der Waals surface area contributed by atoms with Gasteiger partial charge in [0.2, 0.25) is 0 Å². The molecule has 2 rings (SSSR count). The van der Waals surface area contributed by atoms with Crippen molar-refractivity contribution in [3.63, 3.8) is 0 Å². The van der Waals surface area contributed by atoms with Gasteiger partial charge in [-0.2, -0.15) is 5.26 Å². The first kappa shape index (κ1) is 13.2. The lowest BCUT2D eigenvalue weighted by molar-refractivity contribution is -0.118. The summed E-state index contributed by atoms with van der Waals surface area (Å²) < 4.78 is 10.5. The lowest BCUT2D eigenvalue weighted by atomic mass is 9.94. The van der Waals surface area contributed by atoms with Gasteiger partial charge in [-0.05, 0) is 31.4 Å². The Kier molecular flexibility index (Phi) is 3.61. The van der Waals surface area contributed by atoms with Crippen LogP contribution in [0.25, 0.3) is 0 Å². The van der Waals surface area contributed by atoms with E-state index in [1.165, 1.54) is 11.8 Å². The van der Waals surface area contributed by atoms with Crippen LogP contribution in [0.5, 0.6) is 11.5 Å². The van der Waals surface area contributed by atoms with E-state index in [1.807, 2.05) is 6.07 Å². The van der Waals surface area contributed by atoms with Gasteiger partial charge < -0.3 is 9.47 Å². The van der Waals surface area contributed by atoms with Crippen LogP contribution in [-0.4, -0.2) is 26.0 Å². The quantitative estimate of drug-likeness (QED) is 0.777. The number of carbonyl (C=O) groups is 1. The maximum atomic E-state index is 11.6.